The van der Waals surface area contributed by atoms with Crippen molar-refractivity contribution >= 4 is 17.7 Å². The SMILES string of the molecule is CC1CC1NC(=O)OCCl. The van der Waals surface area contributed by atoms with Gasteiger partial charge in [0.25, 0.3) is 0 Å². The molecule has 0 aromatic rings. The first-order valence-electron chi connectivity index (χ1n) is 3.23. The van der Waals surface area contributed by atoms with E-state index in [9.17, 15) is 4.79 Å². The van der Waals surface area contributed by atoms with Crippen LogP contribution < -0.4 is 5.32 Å². The fraction of sp³-hybridized carbons (Fsp3) is 0.833. The number of alkyl halides is 1. The second kappa shape index (κ2) is 3.10. The highest BCUT2D eigenvalue weighted by molar-refractivity contribution is 6.17. The van der Waals surface area contributed by atoms with E-state index in [0.717, 1.165) is 6.42 Å². The predicted molar refractivity (Wildman–Crippen MR) is 37.9 cm³/mol. The van der Waals surface area contributed by atoms with Crippen molar-refractivity contribution in [2.45, 2.75) is 19.4 Å². The van der Waals surface area contributed by atoms with Crippen molar-refractivity contribution in [2.75, 3.05) is 6.07 Å². The second-order valence-corrected chi connectivity index (χ2v) is 2.72. The van der Waals surface area contributed by atoms with Gasteiger partial charge in [-0.15, -0.1) is 0 Å². The van der Waals surface area contributed by atoms with E-state index in [2.05, 4.69) is 17.0 Å². The van der Waals surface area contributed by atoms with E-state index in [-0.39, 0.29) is 6.07 Å². The number of carbonyl (C=O) groups excluding carboxylic acids is 1. The first-order chi connectivity index (χ1) is 4.74. The number of rotatable bonds is 2. The third-order valence-corrected chi connectivity index (χ3v) is 1.71. The smallest absolute Gasteiger partial charge is 0.408 e. The Labute approximate surface area is 64.7 Å². The Morgan fingerprint density at radius 2 is 2.50 bits per heavy atom. The number of amides is 1. The van der Waals surface area contributed by atoms with E-state index >= 15 is 0 Å². The molecule has 0 aromatic heterocycles. The van der Waals surface area contributed by atoms with E-state index in [1.165, 1.54) is 0 Å². The molecule has 1 rings (SSSR count). The number of ether oxygens (including phenoxy) is 1. The van der Waals surface area contributed by atoms with Gasteiger partial charge in [0.2, 0.25) is 0 Å². The lowest BCUT2D eigenvalue weighted by atomic mass is 10.5. The van der Waals surface area contributed by atoms with Crippen molar-refractivity contribution in [3.8, 4) is 0 Å². The summed E-state index contributed by atoms with van der Waals surface area (Å²) >= 11 is 5.15. The largest absolute Gasteiger partial charge is 0.433 e. The van der Waals surface area contributed by atoms with Gasteiger partial charge in [-0.25, -0.2) is 4.79 Å². The number of hydrogen-bond donors (Lipinski definition) is 1. The number of hydrogen-bond acceptors (Lipinski definition) is 2. The maximum atomic E-state index is 10.6. The molecule has 1 amide bonds. The zero-order chi connectivity index (χ0) is 7.56. The van der Waals surface area contributed by atoms with E-state index in [0.29, 0.717) is 12.0 Å². The monoisotopic (exact) mass is 163 g/mol. The van der Waals surface area contributed by atoms with Gasteiger partial charge in [-0.3, -0.25) is 0 Å². The molecule has 1 aliphatic rings. The normalized spacial score (nSPS) is 29.4. The Hall–Kier alpha value is -0.440. The van der Waals surface area contributed by atoms with Crippen molar-refractivity contribution in [3.05, 3.63) is 0 Å². The van der Waals surface area contributed by atoms with Crippen LogP contribution in [0.1, 0.15) is 13.3 Å². The molecule has 58 valence electrons. The molecule has 0 aromatic carbocycles. The van der Waals surface area contributed by atoms with Gasteiger partial charge in [0, 0.05) is 6.04 Å². The quantitative estimate of drug-likeness (QED) is 0.624. The summed E-state index contributed by atoms with van der Waals surface area (Å²) in [6.45, 7) is 2.08. The first kappa shape index (κ1) is 7.66. The van der Waals surface area contributed by atoms with Crippen molar-refractivity contribution in [1.29, 1.82) is 0 Å². The highest BCUT2D eigenvalue weighted by Crippen LogP contribution is 2.28. The van der Waals surface area contributed by atoms with Crippen LogP contribution in [0.4, 0.5) is 4.79 Å². The minimum atomic E-state index is -0.413. The Kier molecular flexibility index (Phi) is 2.38. The Bertz CT molecular complexity index is 140. The van der Waals surface area contributed by atoms with Gasteiger partial charge in [-0.05, 0) is 12.3 Å². The van der Waals surface area contributed by atoms with Crippen LogP contribution >= 0.6 is 11.6 Å². The third-order valence-electron chi connectivity index (χ3n) is 1.60. The van der Waals surface area contributed by atoms with Crippen LogP contribution in [-0.2, 0) is 4.74 Å². The molecule has 2 atom stereocenters. The molecule has 1 saturated carbocycles. The van der Waals surface area contributed by atoms with Crippen LogP contribution in [0.5, 0.6) is 0 Å². The molecule has 1 N–H and O–H groups in total. The molecule has 0 heterocycles. The van der Waals surface area contributed by atoms with E-state index in [4.69, 9.17) is 11.6 Å². The Morgan fingerprint density at radius 1 is 1.90 bits per heavy atom. The van der Waals surface area contributed by atoms with E-state index < -0.39 is 6.09 Å². The van der Waals surface area contributed by atoms with E-state index in [1.54, 1.807) is 0 Å². The molecule has 2 unspecified atom stereocenters. The zero-order valence-electron chi connectivity index (χ0n) is 5.76. The van der Waals surface area contributed by atoms with Crippen LogP contribution in [0.2, 0.25) is 0 Å². The maximum Gasteiger partial charge on any atom is 0.408 e. The van der Waals surface area contributed by atoms with Crippen molar-refractivity contribution in [1.82, 2.24) is 5.32 Å². The number of carbonyl (C=O) groups is 1. The summed E-state index contributed by atoms with van der Waals surface area (Å²) in [6.07, 6.45) is 0.640. The van der Waals surface area contributed by atoms with Crippen LogP contribution in [0.25, 0.3) is 0 Å². The highest BCUT2D eigenvalue weighted by atomic mass is 35.5. The van der Waals surface area contributed by atoms with Crippen LogP contribution in [0.15, 0.2) is 0 Å². The summed E-state index contributed by atoms with van der Waals surface area (Å²) in [5, 5.41) is 2.66. The fourth-order valence-electron chi connectivity index (χ4n) is 0.766. The second-order valence-electron chi connectivity index (χ2n) is 2.50. The van der Waals surface area contributed by atoms with Gasteiger partial charge in [-0.1, -0.05) is 18.5 Å². The average molecular weight is 164 g/mol. The Morgan fingerprint density at radius 3 is 2.90 bits per heavy atom. The molecule has 0 bridgehead atoms. The van der Waals surface area contributed by atoms with Crippen molar-refractivity contribution in [3.63, 3.8) is 0 Å². The predicted octanol–water partition coefficient (Wildman–Crippen LogP) is 1.32. The molecule has 4 heteroatoms. The Balaban J connectivity index is 2.07. The summed E-state index contributed by atoms with van der Waals surface area (Å²) in [4.78, 5) is 10.6. The molecular weight excluding hydrogens is 154 g/mol. The summed E-state index contributed by atoms with van der Waals surface area (Å²) in [5.41, 5.74) is 0. The van der Waals surface area contributed by atoms with Crippen LogP contribution in [0, 0.1) is 5.92 Å². The van der Waals surface area contributed by atoms with Crippen molar-refractivity contribution < 1.29 is 9.53 Å². The first-order valence-corrected chi connectivity index (χ1v) is 3.76. The molecular formula is C6H10ClNO2. The molecule has 0 saturated heterocycles. The van der Waals surface area contributed by atoms with Gasteiger partial charge in [0.05, 0.1) is 0 Å². The lowest BCUT2D eigenvalue weighted by Crippen LogP contribution is -2.26. The summed E-state index contributed by atoms with van der Waals surface area (Å²) in [6, 6.07) is 0.239. The van der Waals surface area contributed by atoms with Crippen LogP contribution in [0.3, 0.4) is 0 Å². The fourth-order valence-corrected chi connectivity index (χ4v) is 0.865. The molecule has 1 fully saturated rings. The van der Waals surface area contributed by atoms with Gasteiger partial charge >= 0.3 is 6.09 Å². The summed E-state index contributed by atoms with van der Waals surface area (Å²) in [5.74, 6) is 0.600. The third kappa shape index (κ3) is 2.06. The van der Waals surface area contributed by atoms with Crippen molar-refractivity contribution in [2.24, 2.45) is 5.92 Å². The van der Waals surface area contributed by atoms with Gasteiger partial charge < -0.3 is 10.1 Å². The highest BCUT2D eigenvalue weighted by Gasteiger charge is 2.34. The maximum absolute atomic E-state index is 10.6. The van der Waals surface area contributed by atoms with E-state index in [1.807, 2.05) is 0 Å². The van der Waals surface area contributed by atoms with Gasteiger partial charge in [0.15, 0.2) is 6.07 Å². The average Bonchev–Trinajstić information content (AvgIpc) is 2.47. The molecule has 0 spiro atoms. The molecule has 3 nitrogen and oxygen atoms in total. The number of halogens is 1. The summed E-state index contributed by atoms with van der Waals surface area (Å²) in [7, 11) is 0. The van der Waals surface area contributed by atoms with Gasteiger partial charge in [-0.2, -0.15) is 0 Å². The standard InChI is InChI=1S/C6H10ClNO2/c1-4-2-5(4)8-6(9)10-3-7/h4-5H,2-3H2,1H3,(H,8,9). The van der Waals surface area contributed by atoms with Gasteiger partial charge in [0.1, 0.15) is 0 Å². The molecule has 1 aliphatic carbocycles. The lowest BCUT2D eigenvalue weighted by molar-refractivity contribution is 0.163. The minimum Gasteiger partial charge on any atom is -0.433 e. The zero-order valence-corrected chi connectivity index (χ0v) is 6.52. The topological polar surface area (TPSA) is 38.3 Å². The van der Waals surface area contributed by atoms with Crippen LogP contribution in [-0.4, -0.2) is 18.2 Å². The minimum absolute atomic E-state index is 0.0765. The number of nitrogens with one attached hydrogen (secondary N) is 1. The number of alkyl carbamates (subject to hydrolysis) is 1. The lowest BCUT2D eigenvalue weighted by Gasteiger charge is -2.01. The summed E-state index contributed by atoms with van der Waals surface area (Å²) < 4.78 is 4.46. The molecule has 10 heavy (non-hydrogen) atoms. The molecule has 0 radical (unpaired) electrons. The molecule has 0 aliphatic heterocycles.